The lowest BCUT2D eigenvalue weighted by Crippen LogP contribution is -2.56. The van der Waals surface area contributed by atoms with E-state index in [0.29, 0.717) is 34.5 Å². The lowest BCUT2D eigenvalue weighted by atomic mass is 9.74. The first-order chi connectivity index (χ1) is 16.5. The van der Waals surface area contributed by atoms with Gasteiger partial charge in [0.1, 0.15) is 0 Å². The lowest BCUT2D eigenvalue weighted by molar-refractivity contribution is 0.0303. The molecule has 4 atom stereocenters. The number of esters is 1. The summed E-state index contributed by atoms with van der Waals surface area (Å²) >= 11 is 5.53. The van der Waals surface area contributed by atoms with Gasteiger partial charge in [0.25, 0.3) is 0 Å². The van der Waals surface area contributed by atoms with E-state index in [1.807, 2.05) is 12.1 Å². The van der Waals surface area contributed by atoms with Crippen LogP contribution in [0.15, 0.2) is 30.3 Å². The molecule has 1 aromatic carbocycles. The summed E-state index contributed by atoms with van der Waals surface area (Å²) in [6.07, 6.45) is 7.73. The van der Waals surface area contributed by atoms with E-state index in [1.54, 1.807) is 12.1 Å². The topological polar surface area (TPSA) is 71.4 Å². The second-order valence-electron chi connectivity index (χ2n) is 10.0. The molecule has 4 aliphatic rings. The molecule has 34 heavy (non-hydrogen) atoms. The molecule has 0 radical (unpaired) electrons. The van der Waals surface area contributed by atoms with Crippen LogP contribution in [0.5, 0.6) is 0 Å². The van der Waals surface area contributed by atoms with Crippen molar-refractivity contribution < 1.29 is 9.53 Å². The Labute approximate surface area is 207 Å². The second-order valence-corrected chi connectivity index (χ2v) is 10.5. The number of piperidine rings is 3. The van der Waals surface area contributed by atoms with E-state index in [9.17, 15) is 4.79 Å². The minimum absolute atomic E-state index is 0.355. The van der Waals surface area contributed by atoms with Gasteiger partial charge < -0.3 is 15.4 Å². The summed E-state index contributed by atoms with van der Waals surface area (Å²) in [6.45, 7) is 3.08. The van der Waals surface area contributed by atoms with Crippen LogP contribution in [-0.4, -0.2) is 58.5 Å². The van der Waals surface area contributed by atoms with Crippen molar-refractivity contribution >= 4 is 29.0 Å². The van der Waals surface area contributed by atoms with Crippen LogP contribution >= 0.6 is 12.2 Å². The Morgan fingerprint density at radius 2 is 2.06 bits per heavy atom. The van der Waals surface area contributed by atoms with Crippen molar-refractivity contribution in [3.63, 3.8) is 0 Å². The number of nitrogens with zero attached hydrogens (tertiary/aromatic N) is 3. The summed E-state index contributed by atoms with van der Waals surface area (Å²) < 4.78 is 6.96. The second kappa shape index (κ2) is 10.0. The third kappa shape index (κ3) is 4.84. The summed E-state index contributed by atoms with van der Waals surface area (Å²) in [5, 5.41) is 12.1. The van der Waals surface area contributed by atoms with Crippen molar-refractivity contribution in [3.05, 3.63) is 47.3 Å². The average Bonchev–Trinajstić information content (AvgIpc) is 3.52. The highest BCUT2D eigenvalue weighted by Crippen LogP contribution is 2.43. The molecule has 0 amide bonds. The highest BCUT2D eigenvalue weighted by Gasteiger charge is 2.42. The summed E-state index contributed by atoms with van der Waals surface area (Å²) in [7, 11) is 3.51. The largest absolute Gasteiger partial charge is 0.465 e. The van der Waals surface area contributed by atoms with Crippen molar-refractivity contribution in [3.8, 4) is 0 Å². The number of anilines is 1. The quantitative estimate of drug-likeness (QED) is 0.477. The number of nitrogens with one attached hydrogen (secondary N) is 2. The fourth-order valence-corrected chi connectivity index (χ4v) is 6.39. The Bertz CT molecular complexity index is 1050. The van der Waals surface area contributed by atoms with Crippen LogP contribution < -0.4 is 10.6 Å². The zero-order valence-corrected chi connectivity index (χ0v) is 20.9. The molecule has 4 fully saturated rings. The number of methoxy groups -OCH3 is 1. The predicted molar refractivity (Wildman–Crippen MR) is 137 cm³/mol. The van der Waals surface area contributed by atoms with Crippen LogP contribution in [0, 0.1) is 5.92 Å². The van der Waals surface area contributed by atoms with Gasteiger partial charge in [-0.05, 0) is 74.6 Å². The molecule has 1 unspecified atom stereocenters. The Hall–Kier alpha value is -2.45. The van der Waals surface area contributed by atoms with Gasteiger partial charge >= 0.3 is 5.97 Å². The molecule has 4 heterocycles. The van der Waals surface area contributed by atoms with Crippen LogP contribution in [0.2, 0.25) is 0 Å². The van der Waals surface area contributed by atoms with Gasteiger partial charge in [-0.1, -0.05) is 18.9 Å². The van der Waals surface area contributed by atoms with Crippen LogP contribution in [0.3, 0.4) is 0 Å². The number of carbonyl (C=O) groups excluding carboxylic acids is 1. The number of thiocarbonyl (C=S) groups is 1. The number of fused-ring (bicyclic) bond motifs is 3. The van der Waals surface area contributed by atoms with Gasteiger partial charge in [-0.15, -0.1) is 0 Å². The monoisotopic (exact) mass is 481 g/mol. The molecule has 1 saturated carbocycles. The van der Waals surface area contributed by atoms with Crippen molar-refractivity contribution in [2.45, 2.75) is 56.4 Å². The summed E-state index contributed by atoms with van der Waals surface area (Å²) in [5.74, 6) is 1.58. The number of aryl methyl sites for hydroxylation is 1. The molecule has 2 bridgehead atoms. The summed E-state index contributed by atoms with van der Waals surface area (Å²) in [6, 6.07) is 10.1. The number of aromatic nitrogens is 2. The maximum absolute atomic E-state index is 11.8. The minimum Gasteiger partial charge on any atom is -0.465 e. The van der Waals surface area contributed by atoms with Gasteiger partial charge in [0.2, 0.25) is 0 Å². The van der Waals surface area contributed by atoms with E-state index in [4.69, 9.17) is 22.1 Å². The van der Waals surface area contributed by atoms with Gasteiger partial charge in [0.05, 0.1) is 18.4 Å². The lowest BCUT2D eigenvalue weighted by Gasteiger charge is -2.50. The van der Waals surface area contributed by atoms with Crippen molar-refractivity contribution in [2.24, 2.45) is 13.0 Å². The van der Waals surface area contributed by atoms with Crippen molar-refractivity contribution in [1.29, 1.82) is 0 Å². The standard InChI is InChI=1S/C26H35N5O2S/c1-30-24(14-23(29-30)17-6-3-4-7-17)22-16-31-11-10-18(22)13-21(31)15-27-26(34)28-20-9-5-8-19(12-20)25(32)33-2/h5,8-9,12,14,17-18,21-22H,3-4,6-7,10-11,13,15-16H2,1-2H3,(H2,27,28,34)/t18-,21+,22+/m0/s1. The fraction of sp³-hybridized carbons (Fsp3) is 0.577. The van der Waals surface area contributed by atoms with E-state index in [2.05, 4.69) is 33.3 Å². The zero-order valence-electron chi connectivity index (χ0n) is 20.1. The number of rotatable bonds is 6. The van der Waals surface area contributed by atoms with E-state index >= 15 is 0 Å². The van der Waals surface area contributed by atoms with Gasteiger partial charge in [0.15, 0.2) is 5.11 Å². The SMILES string of the molecule is COC(=O)c1cccc(NC(=S)NC[C@H]2C[C@@H]3CCN2C[C@H]3c2cc(C3CCCC3)nn2C)c1. The number of hydrogen-bond acceptors (Lipinski definition) is 5. The highest BCUT2D eigenvalue weighted by atomic mass is 32.1. The van der Waals surface area contributed by atoms with E-state index < -0.39 is 0 Å². The molecule has 6 rings (SSSR count). The van der Waals surface area contributed by atoms with Crippen LogP contribution in [0.1, 0.15) is 72.1 Å². The average molecular weight is 482 g/mol. The third-order valence-corrected chi connectivity index (χ3v) is 8.25. The molecule has 3 aliphatic heterocycles. The maximum Gasteiger partial charge on any atom is 0.337 e. The van der Waals surface area contributed by atoms with E-state index in [-0.39, 0.29) is 5.97 Å². The molecule has 2 aromatic rings. The molecular weight excluding hydrogens is 446 g/mol. The van der Waals surface area contributed by atoms with E-state index in [1.165, 1.54) is 57.0 Å². The first kappa shape index (κ1) is 23.3. The summed E-state index contributed by atoms with van der Waals surface area (Å²) in [4.78, 5) is 14.4. The van der Waals surface area contributed by atoms with Crippen LogP contribution in [0.25, 0.3) is 0 Å². The first-order valence-electron chi connectivity index (χ1n) is 12.5. The number of ether oxygens (including phenoxy) is 1. The number of hydrogen-bond donors (Lipinski definition) is 2. The predicted octanol–water partition coefficient (Wildman–Crippen LogP) is 4.03. The Kier molecular flexibility index (Phi) is 6.88. The number of carbonyl (C=O) groups is 1. The smallest absolute Gasteiger partial charge is 0.337 e. The van der Waals surface area contributed by atoms with Gasteiger partial charge in [-0.3, -0.25) is 9.58 Å². The molecular formula is C26H35N5O2S. The molecule has 8 heteroatoms. The minimum atomic E-state index is -0.355. The number of benzene rings is 1. The molecule has 2 N–H and O–H groups in total. The molecule has 1 aliphatic carbocycles. The Morgan fingerprint density at radius 1 is 1.24 bits per heavy atom. The van der Waals surface area contributed by atoms with Crippen LogP contribution in [-0.2, 0) is 11.8 Å². The normalized spacial score (nSPS) is 26.4. The highest BCUT2D eigenvalue weighted by molar-refractivity contribution is 7.80. The maximum atomic E-state index is 11.8. The van der Waals surface area contributed by atoms with Crippen LogP contribution in [0.4, 0.5) is 5.69 Å². The van der Waals surface area contributed by atoms with Gasteiger partial charge in [-0.2, -0.15) is 5.10 Å². The molecule has 1 aromatic heterocycles. The molecule has 0 spiro atoms. The third-order valence-electron chi connectivity index (χ3n) is 8.01. The fourth-order valence-electron chi connectivity index (χ4n) is 6.19. The van der Waals surface area contributed by atoms with Gasteiger partial charge in [0, 0.05) is 49.4 Å². The molecule has 3 saturated heterocycles. The molecule has 182 valence electrons. The van der Waals surface area contributed by atoms with Gasteiger partial charge in [-0.25, -0.2) is 4.79 Å². The van der Waals surface area contributed by atoms with Crippen molar-refractivity contribution in [2.75, 3.05) is 32.1 Å². The zero-order chi connectivity index (χ0) is 23.7. The molecule has 7 nitrogen and oxygen atoms in total. The van der Waals surface area contributed by atoms with E-state index in [0.717, 1.165) is 25.3 Å². The first-order valence-corrected chi connectivity index (χ1v) is 12.9. The summed E-state index contributed by atoms with van der Waals surface area (Å²) in [5.41, 5.74) is 4.02. The Morgan fingerprint density at radius 3 is 2.79 bits per heavy atom. The van der Waals surface area contributed by atoms with Crippen molar-refractivity contribution in [1.82, 2.24) is 20.0 Å². The Balaban J connectivity index is 1.16.